The van der Waals surface area contributed by atoms with E-state index in [2.05, 4.69) is 0 Å². The number of methoxy groups -OCH3 is 2. The quantitative estimate of drug-likeness (QED) is 0.656. The molecule has 0 saturated carbocycles. The fourth-order valence-corrected chi connectivity index (χ4v) is 2.50. The highest BCUT2D eigenvalue weighted by atomic mass is 16.6. The van der Waals surface area contributed by atoms with Crippen LogP contribution in [0.4, 0.5) is 0 Å². The standard InChI is InChI=1S/C17H23N2O4/c1-12-10-14(19(3)16(20)18(12)2)8-6-13-7-9-15(22-4)17(21,11-13)23-5/h6-10,21H,11H2,1-5H3/q+1/b8-6+. The Balaban J connectivity index is 2.34. The van der Waals surface area contributed by atoms with Gasteiger partial charge in [-0.05, 0) is 24.6 Å². The van der Waals surface area contributed by atoms with Gasteiger partial charge in [0.05, 0.1) is 21.2 Å². The van der Waals surface area contributed by atoms with Crippen molar-refractivity contribution < 1.29 is 19.1 Å². The summed E-state index contributed by atoms with van der Waals surface area (Å²) in [5, 5.41) is 10.4. The number of hydrogen-bond donors (Lipinski definition) is 1. The van der Waals surface area contributed by atoms with Crippen LogP contribution in [0, 0.1) is 6.92 Å². The van der Waals surface area contributed by atoms with Gasteiger partial charge in [-0.2, -0.15) is 13.9 Å². The normalized spacial score (nSPS) is 21.3. The molecule has 1 aromatic heterocycles. The van der Waals surface area contributed by atoms with Gasteiger partial charge in [0.1, 0.15) is 11.4 Å². The molecule has 1 aliphatic carbocycles. The van der Waals surface area contributed by atoms with Crippen LogP contribution in [0.3, 0.4) is 0 Å². The van der Waals surface area contributed by atoms with Crippen molar-refractivity contribution in [2.75, 3.05) is 14.2 Å². The van der Waals surface area contributed by atoms with Crippen LogP contribution in [-0.2, 0) is 23.6 Å². The molecule has 0 fully saturated rings. The minimum Gasteiger partial charge on any atom is -0.495 e. The highest BCUT2D eigenvalue weighted by molar-refractivity contribution is 5.49. The Kier molecular flexibility index (Phi) is 4.87. The minimum absolute atomic E-state index is 0.0859. The third-order valence-electron chi connectivity index (χ3n) is 4.15. The van der Waals surface area contributed by atoms with E-state index in [1.165, 1.54) is 14.2 Å². The molecule has 0 amide bonds. The number of nitrogens with zero attached hydrogens (tertiary/aromatic N) is 2. The molecule has 0 spiro atoms. The summed E-state index contributed by atoms with van der Waals surface area (Å²) < 4.78 is 13.5. The monoisotopic (exact) mass is 319 g/mol. The molecule has 1 aromatic rings. The summed E-state index contributed by atoms with van der Waals surface area (Å²) in [5.41, 5.74) is 2.44. The van der Waals surface area contributed by atoms with Gasteiger partial charge in [0, 0.05) is 19.6 Å². The van der Waals surface area contributed by atoms with E-state index < -0.39 is 5.79 Å². The molecule has 0 radical (unpaired) electrons. The van der Waals surface area contributed by atoms with Crippen molar-refractivity contribution in [3.63, 3.8) is 0 Å². The number of aliphatic hydroxyl groups is 1. The first-order valence-corrected chi connectivity index (χ1v) is 7.30. The van der Waals surface area contributed by atoms with Crippen molar-refractivity contribution in [2.24, 2.45) is 14.1 Å². The summed E-state index contributed by atoms with van der Waals surface area (Å²) >= 11 is 0. The number of aromatic nitrogens is 2. The van der Waals surface area contributed by atoms with E-state index in [4.69, 9.17) is 9.47 Å². The zero-order valence-electron chi connectivity index (χ0n) is 14.2. The fourth-order valence-electron chi connectivity index (χ4n) is 2.50. The molecule has 1 aliphatic rings. The lowest BCUT2D eigenvalue weighted by atomic mass is 9.97. The number of rotatable bonds is 4. The van der Waals surface area contributed by atoms with Crippen LogP contribution in [0.25, 0.3) is 6.08 Å². The Hall–Kier alpha value is -2.18. The summed E-state index contributed by atoms with van der Waals surface area (Å²) in [4.78, 5) is 12.1. The van der Waals surface area contributed by atoms with Gasteiger partial charge in [-0.1, -0.05) is 12.2 Å². The number of allylic oxidation sites excluding steroid dienone is 3. The Bertz CT molecular complexity index is 759. The lowest BCUT2D eigenvalue weighted by Crippen LogP contribution is -2.53. The van der Waals surface area contributed by atoms with Crippen LogP contribution < -0.4 is 10.3 Å². The van der Waals surface area contributed by atoms with E-state index in [1.807, 2.05) is 31.2 Å². The molecule has 124 valence electrons. The van der Waals surface area contributed by atoms with Gasteiger partial charge in [0.2, 0.25) is 5.79 Å². The van der Waals surface area contributed by atoms with Gasteiger partial charge < -0.3 is 14.6 Å². The van der Waals surface area contributed by atoms with E-state index in [1.54, 1.807) is 29.3 Å². The van der Waals surface area contributed by atoms with Crippen molar-refractivity contribution in [1.29, 1.82) is 0 Å². The maximum atomic E-state index is 12.1. The molecule has 0 aliphatic heterocycles. The zero-order chi connectivity index (χ0) is 17.2. The van der Waals surface area contributed by atoms with Crippen molar-refractivity contribution in [1.82, 2.24) is 4.57 Å². The van der Waals surface area contributed by atoms with E-state index in [-0.39, 0.29) is 12.1 Å². The van der Waals surface area contributed by atoms with Gasteiger partial charge in [-0.15, -0.1) is 0 Å². The fraction of sp³-hybridized carbons (Fsp3) is 0.412. The van der Waals surface area contributed by atoms with Crippen LogP contribution in [0.5, 0.6) is 0 Å². The number of hydrogen-bond acceptors (Lipinski definition) is 4. The number of ether oxygens (including phenoxy) is 2. The summed E-state index contributed by atoms with van der Waals surface area (Å²) in [6, 6.07) is 1.93. The van der Waals surface area contributed by atoms with Crippen LogP contribution in [-0.4, -0.2) is 29.7 Å². The lowest BCUT2D eigenvalue weighted by molar-refractivity contribution is -0.692. The SMILES string of the molecule is COC1=CC=C(/C=C/c2cc(C)n(C)c(=O)[n+]2C)CC1(O)OC. The smallest absolute Gasteiger partial charge is 0.495 e. The van der Waals surface area contributed by atoms with Gasteiger partial charge >= 0.3 is 5.69 Å². The topological polar surface area (TPSA) is 64.6 Å². The lowest BCUT2D eigenvalue weighted by Gasteiger charge is -2.30. The average molecular weight is 319 g/mol. The Morgan fingerprint density at radius 1 is 1.35 bits per heavy atom. The second-order valence-corrected chi connectivity index (χ2v) is 5.59. The molecule has 0 bridgehead atoms. The van der Waals surface area contributed by atoms with Crippen molar-refractivity contribution >= 4 is 6.08 Å². The van der Waals surface area contributed by atoms with Crippen molar-refractivity contribution in [3.05, 3.63) is 57.5 Å². The molecule has 1 atom stereocenters. The molecule has 6 heteroatoms. The maximum absolute atomic E-state index is 12.1. The molecular formula is C17H23N2O4+. The first kappa shape index (κ1) is 17.2. The first-order chi connectivity index (χ1) is 10.8. The predicted molar refractivity (Wildman–Crippen MR) is 86.4 cm³/mol. The van der Waals surface area contributed by atoms with E-state index in [9.17, 15) is 9.90 Å². The third-order valence-corrected chi connectivity index (χ3v) is 4.15. The van der Waals surface area contributed by atoms with Crippen molar-refractivity contribution in [2.45, 2.75) is 19.1 Å². The average Bonchev–Trinajstić information content (AvgIpc) is 2.55. The second-order valence-electron chi connectivity index (χ2n) is 5.59. The zero-order valence-corrected chi connectivity index (χ0v) is 14.2. The molecule has 2 rings (SSSR count). The van der Waals surface area contributed by atoms with Gasteiger partial charge in [-0.3, -0.25) is 0 Å². The highest BCUT2D eigenvalue weighted by Crippen LogP contribution is 2.31. The van der Waals surface area contributed by atoms with Crippen molar-refractivity contribution in [3.8, 4) is 0 Å². The molecule has 6 nitrogen and oxygen atoms in total. The van der Waals surface area contributed by atoms with Gasteiger partial charge in [-0.25, -0.2) is 0 Å². The Labute approximate surface area is 135 Å². The molecule has 23 heavy (non-hydrogen) atoms. The Morgan fingerprint density at radius 2 is 2.04 bits per heavy atom. The summed E-state index contributed by atoms with van der Waals surface area (Å²) in [7, 11) is 6.40. The third kappa shape index (κ3) is 3.28. The summed E-state index contributed by atoms with van der Waals surface area (Å²) in [6.45, 7) is 1.88. The Morgan fingerprint density at radius 3 is 2.65 bits per heavy atom. The van der Waals surface area contributed by atoms with E-state index in [0.717, 1.165) is 17.0 Å². The largest absolute Gasteiger partial charge is 0.498 e. The summed E-state index contributed by atoms with van der Waals surface area (Å²) in [5.74, 6) is -1.10. The molecule has 1 N–H and O–H groups in total. The maximum Gasteiger partial charge on any atom is 0.498 e. The van der Waals surface area contributed by atoms with Gasteiger partial charge in [0.25, 0.3) is 0 Å². The predicted octanol–water partition coefficient (Wildman–Crippen LogP) is 0.727. The first-order valence-electron chi connectivity index (χ1n) is 7.30. The molecule has 1 heterocycles. The molecule has 1 unspecified atom stereocenters. The van der Waals surface area contributed by atoms with Crippen LogP contribution >= 0.6 is 0 Å². The summed E-state index contributed by atoms with van der Waals surface area (Å²) in [6.07, 6.45) is 7.52. The second kappa shape index (κ2) is 6.52. The van der Waals surface area contributed by atoms with Crippen LogP contribution in [0.1, 0.15) is 17.8 Å². The minimum atomic E-state index is -1.46. The van der Waals surface area contributed by atoms with E-state index in [0.29, 0.717) is 5.76 Å². The van der Waals surface area contributed by atoms with E-state index >= 15 is 0 Å². The van der Waals surface area contributed by atoms with Crippen LogP contribution in [0.2, 0.25) is 0 Å². The number of aryl methyl sites for hydroxylation is 1. The highest BCUT2D eigenvalue weighted by Gasteiger charge is 2.35. The molecular weight excluding hydrogens is 296 g/mol. The molecule has 0 saturated heterocycles. The molecule has 0 aromatic carbocycles. The van der Waals surface area contributed by atoms with Gasteiger partial charge in [0.15, 0.2) is 5.76 Å². The van der Waals surface area contributed by atoms with Crippen LogP contribution in [0.15, 0.2) is 40.4 Å².